The first kappa shape index (κ1) is 14.0. The van der Waals surface area contributed by atoms with E-state index in [1.807, 2.05) is 6.92 Å². The van der Waals surface area contributed by atoms with E-state index < -0.39 is 15.8 Å². The van der Waals surface area contributed by atoms with E-state index in [2.05, 4.69) is 5.32 Å². The minimum Gasteiger partial charge on any atom is -0.465 e. The minimum atomic E-state index is -3.33. The molecule has 1 aliphatic heterocycles. The molecule has 1 aromatic carbocycles. The Bertz CT molecular complexity index is 622. The van der Waals surface area contributed by atoms with Gasteiger partial charge in [-0.2, -0.15) is 0 Å². The summed E-state index contributed by atoms with van der Waals surface area (Å²) in [6, 6.07) is 3.04. The Morgan fingerprint density at radius 2 is 2.16 bits per heavy atom. The van der Waals surface area contributed by atoms with E-state index in [4.69, 9.17) is 4.74 Å². The van der Waals surface area contributed by atoms with Crippen molar-refractivity contribution >= 4 is 15.8 Å². The number of aryl methyl sites for hydroxylation is 1. The van der Waals surface area contributed by atoms with Gasteiger partial charge in [-0.1, -0.05) is 13.0 Å². The zero-order valence-corrected chi connectivity index (χ0v) is 12.0. The number of nitrogens with one attached hydrogen (secondary N) is 1. The van der Waals surface area contributed by atoms with E-state index >= 15 is 0 Å². The SMILES string of the molecule is CCc1cc2c(cc1C(=O)OC)S(=O)(=O)CC2NC. The lowest BCUT2D eigenvalue weighted by molar-refractivity contribution is 0.0599. The Labute approximate surface area is 112 Å². The minimum absolute atomic E-state index is 0.0343. The molecule has 0 radical (unpaired) electrons. The van der Waals surface area contributed by atoms with E-state index in [9.17, 15) is 13.2 Å². The highest BCUT2D eigenvalue weighted by molar-refractivity contribution is 7.91. The van der Waals surface area contributed by atoms with Gasteiger partial charge in [0.2, 0.25) is 0 Å². The van der Waals surface area contributed by atoms with Crippen LogP contribution in [0.1, 0.15) is 34.5 Å². The van der Waals surface area contributed by atoms with E-state index in [0.29, 0.717) is 12.0 Å². The number of carbonyl (C=O) groups is 1. The summed E-state index contributed by atoms with van der Waals surface area (Å²) >= 11 is 0. The van der Waals surface area contributed by atoms with Gasteiger partial charge in [-0.05, 0) is 30.7 Å². The molecule has 0 bridgehead atoms. The van der Waals surface area contributed by atoms with Crippen molar-refractivity contribution in [3.05, 3.63) is 28.8 Å². The van der Waals surface area contributed by atoms with Crippen LogP contribution in [0.2, 0.25) is 0 Å². The molecule has 0 spiro atoms. The van der Waals surface area contributed by atoms with Gasteiger partial charge < -0.3 is 10.1 Å². The van der Waals surface area contributed by atoms with Gasteiger partial charge in [0.15, 0.2) is 9.84 Å². The van der Waals surface area contributed by atoms with Gasteiger partial charge in [-0.25, -0.2) is 13.2 Å². The number of fused-ring (bicyclic) bond motifs is 1. The number of esters is 1. The normalized spacial score (nSPS) is 20.1. The highest BCUT2D eigenvalue weighted by atomic mass is 32.2. The molecule has 1 unspecified atom stereocenters. The van der Waals surface area contributed by atoms with E-state index in [0.717, 1.165) is 11.1 Å². The van der Waals surface area contributed by atoms with Crippen molar-refractivity contribution in [3.63, 3.8) is 0 Å². The average Bonchev–Trinajstić information content (AvgIpc) is 2.67. The monoisotopic (exact) mass is 283 g/mol. The molecule has 6 heteroatoms. The molecule has 0 amide bonds. The van der Waals surface area contributed by atoms with E-state index in [1.165, 1.54) is 13.2 Å². The smallest absolute Gasteiger partial charge is 0.338 e. The number of carbonyl (C=O) groups excluding carboxylic acids is 1. The second kappa shape index (κ2) is 4.94. The van der Waals surface area contributed by atoms with Crippen molar-refractivity contribution in [1.82, 2.24) is 5.32 Å². The molecule has 2 rings (SSSR count). The molecule has 1 N–H and O–H groups in total. The largest absolute Gasteiger partial charge is 0.465 e. The fourth-order valence-electron chi connectivity index (χ4n) is 2.42. The molecule has 0 saturated carbocycles. The maximum Gasteiger partial charge on any atom is 0.338 e. The van der Waals surface area contributed by atoms with E-state index in [1.54, 1.807) is 13.1 Å². The van der Waals surface area contributed by atoms with Crippen LogP contribution < -0.4 is 5.32 Å². The zero-order chi connectivity index (χ0) is 14.2. The predicted molar refractivity (Wildman–Crippen MR) is 71.0 cm³/mol. The summed E-state index contributed by atoms with van der Waals surface area (Å²) in [7, 11) is -0.304. The molecule has 5 nitrogen and oxygen atoms in total. The molecule has 0 aliphatic carbocycles. The molecule has 0 saturated heterocycles. The van der Waals surface area contributed by atoms with Crippen molar-refractivity contribution in [2.75, 3.05) is 19.9 Å². The maximum absolute atomic E-state index is 12.1. The summed E-state index contributed by atoms with van der Waals surface area (Å²) in [5.41, 5.74) is 1.89. The molecular weight excluding hydrogens is 266 g/mol. The number of methoxy groups -OCH3 is 1. The van der Waals surface area contributed by atoms with Crippen LogP contribution in [0.3, 0.4) is 0 Å². The molecule has 19 heavy (non-hydrogen) atoms. The molecular formula is C13H17NO4S. The number of sulfone groups is 1. The quantitative estimate of drug-likeness (QED) is 0.841. The highest BCUT2D eigenvalue weighted by Gasteiger charge is 2.35. The number of hydrogen-bond donors (Lipinski definition) is 1. The van der Waals surface area contributed by atoms with Crippen LogP contribution >= 0.6 is 0 Å². The standard InChI is InChI=1S/C13H17NO4S/c1-4-8-5-10-11(14-2)7-19(16,17)12(10)6-9(8)13(15)18-3/h5-6,11,14H,4,7H2,1-3H3. The van der Waals surface area contributed by atoms with Gasteiger partial charge >= 0.3 is 5.97 Å². The van der Waals surface area contributed by atoms with Gasteiger partial charge in [0, 0.05) is 6.04 Å². The van der Waals surface area contributed by atoms with Crippen LogP contribution in [-0.4, -0.2) is 34.3 Å². The third-order valence-electron chi connectivity index (χ3n) is 3.47. The van der Waals surface area contributed by atoms with Crippen molar-refractivity contribution in [3.8, 4) is 0 Å². The van der Waals surface area contributed by atoms with Crippen molar-refractivity contribution < 1.29 is 17.9 Å². The van der Waals surface area contributed by atoms with Gasteiger partial charge in [0.25, 0.3) is 0 Å². The number of rotatable bonds is 3. The Kier molecular flexibility index (Phi) is 3.64. The summed E-state index contributed by atoms with van der Waals surface area (Å²) in [6.45, 7) is 1.92. The number of hydrogen-bond acceptors (Lipinski definition) is 5. The van der Waals surface area contributed by atoms with Crippen LogP contribution in [0, 0.1) is 0 Å². The molecule has 1 aliphatic rings. The van der Waals surface area contributed by atoms with E-state index in [-0.39, 0.29) is 16.7 Å². The Balaban J connectivity index is 2.68. The summed E-state index contributed by atoms with van der Waals surface area (Å²) in [5, 5.41) is 2.99. The maximum atomic E-state index is 12.1. The molecule has 1 aromatic rings. The Morgan fingerprint density at radius 1 is 1.47 bits per heavy atom. The Morgan fingerprint density at radius 3 is 2.68 bits per heavy atom. The van der Waals surface area contributed by atoms with Crippen molar-refractivity contribution in [2.45, 2.75) is 24.3 Å². The predicted octanol–water partition coefficient (Wildman–Crippen LogP) is 1.08. The van der Waals surface area contributed by atoms with Crippen molar-refractivity contribution in [2.24, 2.45) is 0 Å². The van der Waals surface area contributed by atoms with Crippen LogP contribution in [0.15, 0.2) is 17.0 Å². The first-order valence-electron chi connectivity index (χ1n) is 6.09. The second-order valence-electron chi connectivity index (χ2n) is 4.51. The summed E-state index contributed by atoms with van der Waals surface area (Å²) < 4.78 is 28.9. The molecule has 1 heterocycles. The average molecular weight is 283 g/mol. The molecule has 104 valence electrons. The lowest BCUT2D eigenvalue weighted by Crippen LogP contribution is -2.18. The van der Waals surface area contributed by atoms with Crippen molar-refractivity contribution in [1.29, 1.82) is 0 Å². The Hall–Kier alpha value is -1.40. The summed E-state index contributed by atoms with van der Waals surface area (Å²) in [6.07, 6.45) is 0.647. The molecule has 1 atom stereocenters. The highest BCUT2D eigenvalue weighted by Crippen LogP contribution is 2.35. The lowest BCUT2D eigenvalue weighted by Gasteiger charge is -2.12. The number of ether oxygens (including phenoxy) is 1. The first-order chi connectivity index (χ1) is 8.94. The van der Waals surface area contributed by atoms with Gasteiger partial charge in [0.1, 0.15) is 0 Å². The summed E-state index contributed by atoms with van der Waals surface area (Å²) in [4.78, 5) is 12.0. The fraction of sp³-hybridized carbons (Fsp3) is 0.462. The third-order valence-corrected chi connectivity index (χ3v) is 5.26. The lowest BCUT2D eigenvalue weighted by atomic mass is 9.99. The van der Waals surface area contributed by atoms with Crippen LogP contribution in [0.4, 0.5) is 0 Å². The molecule has 0 aromatic heterocycles. The summed E-state index contributed by atoms with van der Waals surface area (Å²) in [5.74, 6) is -0.463. The number of benzene rings is 1. The first-order valence-corrected chi connectivity index (χ1v) is 7.75. The zero-order valence-electron chi connectivity index (χ0n) is 11.2. The molecule has 0 fully saturated rings. The van der Waals surface area contributed by atoms with Crippen LogP contribution in [-0.2, 0) is 21.0 Å². The second-order valence-corrected chi connectivity index (χ2v) is 6.52. The fourth-order valence-corrected chi connectivity index (χ4v) is 4.24. The van der Waals surface area contributed by atoms with Gasteiger partial charge in [0.05, 0.1) is 23.3 Å². The van der Waals surface area contributed by atoms with Gasteiger partial charge in [-0.3, -0.25) is 0 Å². The van der Waals surface area contributed by atoms with Gasteiger partial charge in [-0.15, -0.1) is 0 Å². The van der Waals surface area contributed by atoms with Crippen LogP contribution in [0.5, 0.6) is 0 Å². The topological polar surface area (TPSA) is 72.5 Å². The third kappa shape index (κ3) is 2.26. The van der Waals surface area contributed by atoms with Crippen LogP contribution in [0.25, 0.3) is 0 Å².